The first-order chi connectivity index (χ1) is 14.0. The number of hydrogen-bond donors (Lipinski definition) is 1. The molecule has 5 fully saturated rings. The zero-order valence-corrected chi connectivity index (χ0v) is 17.6. The number of nitrogens with one attached hydrogen (secondary N) is 1. The number of aromatic nitrogens is 2. The van der Waals surface area contributed by atoms with E-state index in [0.29, 0.717) is 18.4 Å². The molecule has 6 nitrogen and oxygen atoms in total. The summed E-state index contributed by atoms with van der Waals surface area (Å²) in [7, 11) is 0. The van der Waals surface area contributed by atoms with Crippen LogP contribution >= 0.6 is 0 Å². The van der Waals surface area contributed by atoms with Gasteiger partial charge in [-0.15, -0.1) is 0 Å². The van der Waals surface area contributed by atoms with Gasteiger partial charge in [0.05, 0.1) is 5.41 Å². The quantitative estimate of drug-likeness (QED) is 0.801. The van der Waals surface area contributed by atoms with Gasteiger partial charge in [-0.1, -0.05) is 6.92 Å². The molecule has 6 heteroatoms. The SMILES string of the molecule is CC(CNC(=O)C1CCCN1C(=O)C12CC3CC(CC(C3)C1)C2)Cn1cccn1. The molecule has 2 amide bonds. The summed E-state index contributed by atoms with van der Waals surface area (Å²) in [4.78, 5) is 28.6. The molecule has 0 aromatic carbocycles. The van der Waals surface area contributed by atoms with Gasteiger partial charge >= 0.3 is 0 Å². The van der Waals surface area contributed by atoms with Crippen LogP contribution in [0.4, 0.5) is 0 Å². The van der Waals surface area contributed by atoms with Crippen molar-refractivity contribution in [3.63, 3.8) is 0 Å². The predicted octanol–water partition coefficient (Wildman–Crippen LogP) is 2.84. The van der Waals surface area contributed by atoms with Crippen molar-refractivity contribution in [2.24, 2.45) is 29.1 Å². The third kappa shape index (κ3) is 3.59. The molecule has 1 aliphatic heterocycles. The Morgan fingerprint density at radius 3 is 2.48 bits per heavy atom. The Balaban J connectivity index is 1.21. The highest BCUT2D eigenvalue weighted by atomic mass is 16.2. The summed E-state index contributed by atoms with van der Waals surface area (Å²) in [6.45, 7) is 4.28. The molecule has 1 aromatic heterocycles. The van der Waals surface area contributed by atoms with Crippen molar-refractivity contribution in [1.29, 1.82) is 0 Å². The molecule has 1 saturated heterocycles. The highest BCUT2D eigenvalue weighted by Crippen LogP contribution is 2.60. The monoisotopic (exact) mass is 398 g/mol. The first-order valence-corrected chi connectivity index (χ1v) is 11.6. The van der Waals surface area contributed by atoms with Gasteiger partial charge in [-0.05, 0) is 81.1 Å². The molecule has 4 aliphatic carbocycles. The van der Waals surface area contributed by atoms with Crippen LogP contribution in [0.1, 0.15) is 58.3 Å². The van der Waals surface area contributed by atoms with Crippen LogP contribution in [0, 0.1) is 29.1 Å². The van der Waals surface area contributed by atoms with Crippen molar-refractivity contribution in [3.8, 4) is 0 Å². The molecule has 2 atom stereocenters. The molecule has 0 radical (unpaired) electrons. The van der Waals surface area contributed by atoms with Gasteiger partial charge in [0.25, 0.3) is 0 Å². The summed E-state index contributed by atoms with van der Waals surface area (Å²) >= 11 is 0. The zero-order chi connectivity index (χ0) is 20.0. The number of rotatable bonds is 6. The van der Waals surface area contributed by atoms with E-state index in [2.05, 4.69) is 17.3 Å². The summed E-state index contributed by atoms with van der Waals surface area (Å²) in [5.41, 5.74) is -0.148. The number of nitrogens with zero attached hydrogens (tertiary/aromatic N) is 3. The van der Waals surface area contributed by atoms with Crippen LogP contribution in [0.15, 0.2) is 18.5 Å². The normalized spacial score (nSPS) is 36.4. The van der Waals surface area contributed by atoms with Gasteiger partial charge in [0.2, 0.25) is 11.8 Å². The Morgan fingerprint density at radius 2 is 1.86 bits per heavy atom. The minimum Gasteiger partial charge on any atom is -0.354 e. The molecule has 1 N–H and O–H groups in total. The van der Waals surface area contributed by atoms with Crippen molar-refractivity contribution in [3.05, 3.63) is 18.5 Å². The average Bonchev–Trinajstić information content (AvgIpc) is 3.36. The molecule has 4 saturated carbocycles. The lowest BCUT2D eigenvalue weighted by Gasteiger charge is -2.56. The lowest BCUT2D eigenvalue weighted by Crippen LogP contribution is -2.57. The third-order valence-electron chi connectivity index (χ3n) is 7.99. The molecule has 4 bridgehead atoms. The minimum atomic E-state index is -0.271. The van der Waals surface area contributed by atoms with Gasteiger partial charge in [-0.3, -0.25) is 14.3 Å². The Bertz CT molecular complexity index is 724. The fourth-order valence-electron chi connectivity index (χ4n) is 7.14. The topological polar surface area (TPSA) is 67.2 Å². The van der Waals surface area contributed by atoms with Gasteiger partial charge in [-0.2, -0.15) is 5.10 Å². The average molecular weight is 399 g/mol. The maximum absolute atomic E-state index is 13.7. The predicted molar refractivity (Wildman–Crippen MR) is 110 cm³/mol. The van der Waals surface area contributed by atoms with E-state index in [1.54, 1.807) is 6.20 Å². The van der Waals surface area contributed by atoms with Gasteiger partial charge in [0.1, 0.15) is 6.04 Å². The van der Waals surface area contributed by atoms with Crippen LogP contribution < -0.4 is 5.32 Å². The van der Waals surface area contributed by atoms with Gasteiger partial charge in [-0.25, -0.2) is 0 Å². The molecule has 2 heterocycles. The Hall–Kier alpha value is -1.85. The van der Waals surface area contributed by atoms with Gasteiger partial charge in [0.15, 0.2) is 0 Å². The highest BCUT2D eigenvalue weighted by Gasteiger charge is 2.56. The summed E-state index contributed by atoms with van der Waals surface area (Å²) in [5, 5.41) is 7.36. The Kier molecular flexibility index (Phi) is 4.91. The smallest absolute Gasteiger partial charge is 0.242 e. The molecule has 29 heavy (non-hydrogen) atoms. The van der Waals surface area contributed by atoms with Crippen molar-refractivity contribution in [2.75, 3.05) is 13.1 Å². The molecule has 158 valence electrons. The summed E-state index contributed by atoms with van der Waals surface area (Å²) < 4.78 is 1.90. The number of hydrogen-bond acceptors (Lipinski definition) is 3. The van der Waals surface area contributed by atoms with Crippen LogP contribution in [-0.2, 0) is 16.1 Å². The van der Waals surface area contributed by atoms with Crippen molar-refractivity contribution < 1.29 is 9.59 Å². The minimum absolute atomic E-state index is 0.0351. The number of amides is 2. The molecule has 2 unspecified atom stereocenters. The van der Waals surface area contributed by atoms with Crippen molar-refractivity contribution in [2.45, 2.75) is 70.9 Å². The van der Waals surface area contributed by atoms with E-state index in [4.69, 9.17) is 0 Å². The van der Waals surface area contributed by atoms with E-state index in [9.17, 15) is 9.59 Å². The molecule has 1 aromatic rings. The van der Waals surface area contributed by atoms with E-state index in [1.165, 1.54) is 19.3 Å². The maximum Gasteiger partial charge on any atom is 0.242 e. The lowest BCUT2D eigenvalue weighted by atomic mass is 9.49. The number of carbonyl (C=O) groups is 2. The van der Waals surface area contributed by atoms with Crippen LogP contribution in [0.3, 0.4) is 0 Å². The van der Waals surface area contributed by atoms with Crippen LogP contribution in [-0.4, -0.2) is 45.6 Å². The Morgan fingerprint density at radius 1 is 1.17 bits per heavy atom. The van der Waals surface area contributed by atoms with E-state index in [1.807, 2.05) is 21.8 Å². The summed E-state index contributed by atoms with van der Waals surface area (Å²) in [6.07, 6.45) is 12.7. The maximum atomic E-state index is 13.7. The standard InChI is InChI=1S/C23H34N4O2/c1-16(15-26-6-3-5-25-26)14-24-21(28)20-4-2-7-27(20)22(29)23-11-17-8-18(12-23)10-19(9-17)13-23/h3,5-6,16-20H,2,4,7-15H2,1H3,(H,24,28). The highest BCUT2D eigenvalue weighted by molar-refractivity contribution is 5.91. The second-order valence-electron chi connectivity index (χ2n) is 10.4. The largest absolute Gasteiger partial charge is 0.354 e. The second-order valence-corrected chi connectivity index (χ2v) is 10.4. The summed E-state index contributed by atoms with van der Waals surface area (Å²) in [6, 6.07) is 1.64. The number of likely N-dealkylation sites (tertiary alicyclic amines) is 1. The van der Waals surface area contributed by atoms with Crippen molar-refractivity contribution in [1.82, 2.24) is 20.0 Å². The van der Waals surface area contributed by atoms with E-state index < -0.39 is 0 Å². The Labute approximate surface area is 173 Å². The third-order valence-corrected chi connectivity index (χ3v) is 7.99. The van der Waals surface area contributed by atoms with E-state index >= 15 is 0 Å². The fourth-order valence-corrected chi connectivity index (χ4v) is 7.14. The number of carbonyl (C=O) groups excluding carboxylic acids is 2. The zero-order valence-electron chi connectivity index (χ0n) is 17.6. The molecule has 0 spiro atoms. The molecule has 5 aliphatic rings. The second kappa shape index (κ2) is 7.44. The van der Waals surface area contributed by atoms with Crippen LogP contribution in [0.5, 0.6) is 0 Å². The van der Waals surface area contributed by atoms with Gasteiger partial charge in [0, 0.05) is 32.0 Å². The first-order valence-electron chi connectivity index (χ1n) is 11.6. The van der Waals surface area contributed by atoms with Gasteiger partial charge < -0.3 is 10.2 Å². The lowest BCUT2D eigenvalue weighted by molar-refractivity contribution is -0.160. The summed E-state index contributed by atoms with van der Waals surface area (Å²) in [5.74, 6) is 2.90. The van der Waals surface area contributed by atoms with Crippen LogP contribution in [0.25, 0.3) is 0 Å². The van der Waals surface area contributed by atoms with Crippen LogP contribution in [0.2, 0.25) is 0 Å². The molecular weight excluding hydrogens is 364 g/mol. The van der Waals surface area contributed by atoms with E-state index in [0.717, 1.165) is 62.9 Å². The fraction of sp³-hybridized carbons (Fsp3) is 0.783. The molecule has 6 rings (SSSR count). The van der Waals surface area contributed by atoms with Crippen molar-refractivity contribution >= 4 is 11.8 Å². The molecular formula is C23H34N4O2. The van der Waals surface area contributed by atoms with E-state index in [-0.39, 0.29) is 17.4 Å². The first kappa shape index (κ1) is 19.1.